The minimum Gasteiger partial charge on any atom is -0.477 e. The number of oxime groups is 1. The molecule has 0 aromatic heterocycles. The average Bonchev–Trinajstić information content (AvgIpc) is 2.67. The molecule has 1 spiro atoms. The summed E-state index contributed by atoms with van der Waals surface area (Å²) in [7, 11) is 0. The van der Waals surface area contributed by atoms with Gasteiger partial charge in [-0.1, -0.05) is 5.16 Å². The van der Waals surface area contributed by atoms with Gasteiger partial charge in [0.2, 0.25) is 0 Å². The molecule has 0 aromatic rings. The van der Waals surface area contributed by atoms with Gasteiger partial charge in [0.1, 0.15) is 12.2 Å². The van der Waals surface area contributed by atoms with Gasteiger partial charge >= 0.3 is 5.97 Å². The highest BCUT2D eigenvalue weighted by molar-refractivity contribution is 6.36. The van der Waals surface area contributed by atoms with Gasteiger partial charge in [-0.25, -0.2) is 4.79 Å². The van der Waals surface area contributed by atoms with Gasteiger partial charge in [-0.2, -0.15) is 0 Å². The Bertz CT molecular complexity index is 414. The van der Waals surface area contributed by atoms with Crippen molar-refractivity contribution in [1.29, 1.82) is 0 Å². The molecular formula is C9H9NO6. The van der Waals surface area contributed by atoms with E-state index >= 15 is 0 Å². The highest BCUT2D eigenvalue weighted by atomic mass is 16.7. The van der Waals surface area contributed by atoms with Crippen molar-refractivity contribution in [2.45, 2.75) is 24.2 Å². The number of hydrogen-bond donors (Lipinski definition) is 3. The first-order valence-electron chi connectivity index (χ1n) is 4.54. The van der Waals surface area contributed by atoms with Gasteiger partial charge in [-0.15, -0.1) is 0 Å². The molecule has 0 fully saturated rings. The Labute approximate surface area is 89.6 Å². The van der Waals surface area contributed by atoms with Gasteiger partial charge in [0.05, 0.1) is 0 Å². The van der Waals surface area contributed by atoms with Gasteiger partial charge < -0.3 is 20.2 Å². The zero-order valence-corrected chi connectivity index (χ0v) is 8.03. The Morgan fingerprint density at radius 1 is 1.56 bits per heavy atom. The number of carbonyl (C=O) groups excluding carboxylic acids is 1. The third-order valence-corrected chi connectivity index (χ3v) is 2.64. The summed E-state index contributed by atoms with van der Waals surface area (Å²) in [4.78, 5) is 26.5. The largest absolute Gasteiger partial charge is 0.477 e. The van der Waals surface area contributed by atoms with Crippen molar-refractivity contribution in [3.05, 3.63) is 12.2 Å². The van der Waals surface area contributed by atoms with Crippen LogP contribution in [0.25, 0.3) is 0 Å². The number of rotatable bonds is 1. The monoisotopic (exact) mass is 227 g/mol. The van der Waals surface area contributed by atoms with E-state index in [4.69, 9.17) is 9.94 Å². The zero-order valence-electron chi connectivity index (χ0n) is 8.03. The molecule has 86 valence electrons. The van der Waals surface area contributed by atoms with Crippen molar-refractivity contribution in [1.82, 2.24) is 0 Å². The molecule has 2 rings (SSSR count). The number of hydrogen-bond acceptors (Lipinski definition) is 6. The maximum absolute atomic E-state index is 11.1. The van der Waals surface area contributed by atoms with Crippen molar-refractivity contribution >= 4 is 17.5 Å². The molecule has 0 saturated heterocycles. The number of carbonyl (C=O) groups is 2. The summed E-state index contributed by atoms with van der Waals surface area (Å²) in [5, 5.41) is 31.0. The molecule has 1 heterocycles. The summed E-state index contributed by atoms with van der Waals surface area (Å²) in [6.07, 6.45) is -1.05. The Morgan fingerprint density at radius 2 is 2.25 bits per heavy atom. The van der Waals surface area contributed by atoms with E-state index in [0.717, 1.165) is 6.08 Å². The Balaban J connectivity index is 2.27. The molecule has 7 nitrogen and oxygen atoms in total. The van der Waals surface area contributed by atoms with Gasteiger partial charge in [0, 0.05) is 6.42 Å². The highest BCUT2D eigenvalue weighted by Gasteiger charge is 2.52. The molecule has 3 atom stereocenters. The second-order valence-electron chi connectivity index (χ2n) is 3.69. The number of aliphatic carboxylic acids is 1. The summed E-state index contributed by atoms with van der Waals surface area (Å²) in [5.41, 5.74) is -1.70. The van der Waals surface area contributed by atoms with Crippen molar-refractivity contribution in [3.8, 4) is 0 Å². The standard InChI is InChI=1S/C9H9NO6/c11-5-1-2-9(7(13)6(5)12)3-4(8(14)15)10-16-9/h1-2,6-7,12-13H,3H2,(H,14,15)/t6-,7+,9-/m0/s1. The van der Waals surface area contributed by atoms with Crippen LogP contribution >= 0.6 is 0 Å². The summed E-state index contributed by atoms with van der Waals surface area (Å²) in [5.74, 6) is -1.91. The third-order valence-electron chi connectivity index (χ3n) is 2.64. The van der Waals surface area contributed by atoms with Gasteiger partial charge in [-0.05, 0) is 12.2 Å². The lowest BCUT2D eigenvalue weighted by Crippen LogP contribution is -2.53. The maximum atomic E-state index is 11.1. The second-order valence-corrected chi connectivity index (χ2v) is 3.69. The van der Waals surface area contributed by atoms with E-state index in [0.29, 0.717) is 0 Å². The number of aliphatic hydroxyl groups is 2. The van der Waals surface area contributed by atoms with Crippen LogP contribution in [-0.2, 0) is 14.4 Å². The van der Waals surface area contributed by atoms with Crippen molar-refractivity contribution in [3.63, 3.8) is 0 Å². The smallest absolute Gasteiger partial charge is 0.353 e. The molecule has 2 aliphatic rings. The molecule has 1 aliphatic heterocycles. The zero-order chi connectivity index (χ0) is 11.9. The van der Waals surface area contributed by atoms with Crippen LogP contribution in [0.15, 0.2) is 17.3 Å². The molecule has 16 heavy (non-hydrogen) atoms. The topological polar surface area (TPSA) is 116 Å². The van der Waals surface area contributed by atoms with Crippen LogP contribution in [0.2, 0.25) is 0 Å². The summed E-state index contributed by atoms with van der Waals surface area (Å²) >= 11 is 0. The Kier molecular flexibility index (Phi) is 2.28. The lowest BCUT2D eigenvalue weighted by Gasteiger charge is -2.33. The SMILES string of the molecule is O=C(O)C1=NO[C@@]2(C=CC(=O)[C@H](O)[C@H]2O)C1. The minimum absolute atomic E-state index is 0.190. The fourth-order valence-corrected chi connectivity index (χ4v) is 1.67. The number of ketones is 1. The Morgan fingerprint density at radius 3 is 2.81 bits per heavy atom. The first kappa shape index (κ1) is 10.8. The van der Waals surface area contributed by atoms with E-state index in [2.05, 4.69) is 5.16 Å². The predicted octanol–water partition coefficient (Wildman–Crippen LogP) is -1.55. The van der Waals surface area contributed by atoms with Crippen LogP contribution in [0.4, 0.5) is 0 Å². The predicted molar refractivity (Wildman–Crippen MR) is 49.7 cm³/mol. The van der Waals surface area contributed by atoms with Crippen molar-refractivity contribution in [2.24, 2.45) is 5.16 Å². The van der Waals surface area contributed by atoms with E-state index in [9.17, 15) is 19.8 Å². The average molecular weight is 227 g/mol. The molecule has 0 aromatic carbocycles. The van der Waals surface area contributed by atoms with Crippen LogP contribution in [-0.4, -0.2) is 50.6 Å². The first-order chi connectivity index (χ1) is 7.46. The molecule has 0 amide bonds. The number of carboxylic acids is 1. The lowest BCUT2D eigenvalue weighted by atomic mass is 9.82. The van der Waals surface area contributed by atoms with Crippen LogP contribution in [0.3, 0.4) is 0 Å². The number of carboxylic acid groups (broad SMARTS) is 1. The van der Waals surface area contributed by atoms with Crippen molar-refractivity contribution < 1.29 is 29.7 Å². The number of aliphatic hydroxyl groups excluding tert-OH is 2. The molecule has 0 unspecified atom stereocenters. The quantitative estimate of drug-likeness (QED) is 0.499. The molecule has 0 bridgehead atoms. The maximum Gasteiger partial charge on any atom is 0.353 e. The van der Waals surface area contributed by atoms with E-state index in [-0.39, 0.29) is 12.1 Å². The van der Waals surface area contributed by atoms with Gasteiger partial charge in [-0.3, -0.25) is 4.79 Å². The summed E-state index contributed by atoms with van der Waals surface area (Å²) in [6.45, 7) is 0. The normalized spacial score (nSPS) is 37.4. The third kappa shape index (κ3) is 1.41. The van der Waals surface area contributed by atoms with Gasteiger partial charge in [0.15, 0.2) is 17.1 Å². The molecule has 0 radical (unpaired) electrons. The van der Waals surface area contributed by atoms with Crippen LogP contribution in [0.5, 0.6) is 0 Å². The Hall–Kier alpha value is -1.73. The van der Waals surface area contributed by atoms with Gasteiger partial charge in [0.25, 0.3) is 0 Å². The van der Waals surface area contributed by atoms with Crippen LogP contribution < -0.4 is 0 Å². The molecule has 1 aliphatic carbocycles. The fourth-order valence-electron chi connectivity index (χ4n) is 1.67. The molecule has 0 saturated carbocycles. The minimum atomic E-state index is -1.62. The van der Waals surface area contributed by atoms with E-state index in [1.165, 1.54) is 6.08 Å². The number of nitrogens with zero attached hydrogens (tertiary/aromatic N) is 1. The highest BCUT2D eigenvalue weighted by Crippen LogP contribution is 2.33. The van der Waals surface area contributed by atoms with E-state index in [1.807, 2.05) is 0 Å². The summed E-state index contributed by atoms with van der Waals surface area (Å²) in [6, 6.07) is 0. The summed E-state index contributed by atoms with van der Waals surface area (Å²) < 4.78 is 0. The van der Waals surface area contributed by atoms with Crippen LogP contribution in [0, 0.1) is 0 Å². The lowest BCUT2D eigenvalue weighted by molar-refractivity contribution is -0.149. The van der Waals surface area contributed by atoms with Crippen LogP contribution in [0.1, 0.15) is 6.42 Å². The van der Waals surface area contributed by atoms with Crippen molar-refractivity contribution in [2.75, 3.05) is 0 Å². The van der Waals surface area contributed by atoms with E-state index in [1.54, 1.807) is 0 Å². The van der Waals surface area contributed by atoms with E-state index < -0.39 is 29.6 Å². The molecule has 3 N–H and O–H groups in total. The molecule has 7 heteroatoms. The fraction of sp³-hybridized carbons (Fsp3) is 0.444. The second kappa shape index (κ2) is 3.39. The molecular weight excluding hydrogens is 218 g/mol. The first-order valence-corrected chi connectivity index (χ1v) is 4.54.